The van der Waals surface area contributed by atoms with Crippen LogP contribution in [0.2, 0.25) is 0 Å². The number of carbonyl (C=O) groups is 2. The highest BCUT2D eigenvalue weighted by Gasteiger charge is 2.25. The van der Waals surface area contributed by atoms with E-state index >= 15 is 0 Å². The van der Waals surface area contributed by atoms with Crippen LogP contribution in [-0.4, -0.2) is 47.8 Å². The number of rotatable bonds is 6. The van der Waals surface area contributed by atoms with Gasteiger partial charge in [-0.05, 0) is 29.3 Å². The van der Waals surface area contributed by atoms with E-state index in [1.165, 1.54) is 5.56 Å². The molecular formula is C27H27N3O2. The number of hydrogen-bond donors (Lipinski definition) is 1. The summed E-state index contributed by atoms with van der Waals surface area (Å²) >= 11 is 0. The van der Waals surface area contributed by atoms with Gasteiger partial charge in [0.05, 0.1) is 0 Å². The van der Waals surface area contributed by atoms with Crippen LogP contribution < -0.4 is 5.32 Å². The molecule has 5 heteroatoms. The first-order chi connectivity index (χ1) is 15.7. The Bertz CT molecular complexity index is 1060. The molecule has 1 N–H and O–H groups in total. The molecule has 32 heavy (non-hydrogen) atoms. The second-order valence-electron chi connectivity index (χ2n) is 7.84. The molecule has 0 spiro atoms. The molecule has 3 aromatic carbocycles. The van der Waals surface area contributed by atoms with E-state index in [0.717, 1.165) is 25.2 Å². The van der Waals surface area contributed by atoms with E-state index < -0.39 is 0 Å². The summed E-state index contributed by atoms with van der Waals surface area (Å²) in [5, 5.41) is 2.85. The monoisotopic (exact) mass is 425 g/mol. The van der Waals surface area contributed by atoms with Crippen molar-refractivity contribution in [3.8, 4) is 0 Å². The Balaban J connectivity index is 1.45. The van der Waals surface area contributed by atoms with Crippen LogP contribution in [0.15, 0.2) is 96.7 Å². The minimum Gasteiger partial charge on any atom is -0.335 e. The lowest BCUT2D eigenvalue weighted by Crippen LogP contribution is -2.50. The van der Waals surface area contributed by atoms with Crippen molar-refractivity contribution >= 4 is 17.9 Å². The van der Waals surface area contributed by atoms with Crippen LogP contribution in [0.25, 0.3) is 6.08 Å². The SMILES string of the molecule is O=C(NC(=Cc1ccccc1)C(=O)N1CCN(Cc2ccccc2)CC1)c1ccccc1. The van der Waals surface area contributed by atoms with Gasteiger partial charge in [0.1, 0.15) is 5.70 Å². The number of piperazine rings is 1. The van der Waals surface area contributed by atoms with Crippen LogP contribution in [0.1, 0.15) is 21.5 Å². The van der Waals surface area contributed by atoms with Crippen LogP contribution >= 0.6 is 0 Å². The highest BCUT2D eigenvalue weighted by atomic mass is 16.2. The van der Waals surface area contributed by atoms with E-state index in [0.29, 0.717) is 24.4 Å². The van der Waals surface area contributed by atoms with Crippen molar-refractivity contribution in [2.24, 2.45) is 0 Å². The molecule has 1 heterocycles. The van der Waals surface area contributed by atoms with Gasteiger partial charge in [0.15, 0.2) is 0 Å². The Morgan fingerprint density at radius 1 is 0.750 bits per heavy atom. The third-order valence-corrected chi connectivity index (χ3v) is 5.53. The fraction of sp³-hybridized carbons (Fsp3) is 0.185. The van der Waals surface area contributed by atoms with E-state index in [1.807, 2.05) is 71.6 Å². The Morgan fingerprint density at radius 3 is 1.94 bits per heavy atom. The molecule has 0 bridgehead atoms. The summed E-state index contributed by atoms with van der Waals surface area (Å²) in [6, 6.07) is 28.9. The summed E-state index contributed by atoms with van der Waals surface area (Å²) < 4.78 is 0. The molecule has 1 fully saturated rings. The first-order valence-electron chi connectivity index (χ1n) is 10.9. The fourth-order valence-electron chi connectivity index (χ4n) is 3.77. The Labute approximate surface area is 189 Å². The topological polar surface area (TPSA) is 52.7 Å². The van der Waals surface area contributed by atoms with E-state index in [-0.39, 0.29) is 11.8 Å². The number of amides is 2. The van der Waals surface area contributed by atoms with E-state index in [2.05, 4.69) is 22.3 Å². The fourth-order valence-corrected chi connectivity index (χ4v) is 3.77. The summed E-state index contributed by atoms with van der Waals surface area (Å²) in [7, 11) is 0. The van der Waals surface area contributed by atoms with Crippen LogP contribution in [0.5, 0.6) is 0 Å². The highest BCUT2D eigenvalue weighted by molar-refractivity contribution is 6.05. The van der Waals surface area contributed by atoms with Crippen LogP contribution in [0.3, 0.4) is 0 Å². The van der Waals surface area contributed by atoms with Crippen LogP contribution in [0, 0.1) is 0 Å². The van der Waals surface area contributed by atoms with Gasteiger partial charge in [-0.15, -0.1) is 0 Å². The molecule has 3 aromatic rings. The maximum Gasteiger partial charge on any atom is 0.270 e. The molecule has 1 saturated heterocycles. The van der Waals surface area contributed by atoms with Crippen molar-refractivity contribution in [2.75, 3.05) is 26.2 Å². The molecule has 0 saturated carbocycles. The zero-order chi connectivity index (χ0) is 22.2. The third kappa shape index (κ3) is 5.71. The van der Waals surface area contributed by atoms with Crippen molar-refractivity contribution in [1.82, 2.24) is 15.1 Å². The minimum atomic E-state index is -0.288. The Hall–Kier alpha value is -3.70. The van der Waals surface area contributed by atoms with Gasteiger partial charge in [0, 0.05) is 38.3 Å². The Kier molecular flexibility index (Phi) is 7.10. The van der Waals surface area contributed by atoms with E-state index in [1.54, 1.807) is 18.2 Å². The predicted octanol–water partition coefficient (Wildman–Crippen LogP) is 3.80. The van der Waals surface area contributed by atoms with Gasteiger partial charge in [-0.3, -0.25) is 14.5 Å². The van der Waals surface area contributed by atoms with Gasteiger partial charge in [0.25, 0.3) is 11.8 Å². The molecular weight excluding hydrogens is 398 g/mol. The zero-order valence-corrected chi connectivity index (χ0v) is 18.0. The molecule has 4 rings (SSSR count). The zero-order valence-electron chi connectivity index (χ0n) is 18.0. The van der Waals surface area contributed by atoms with Gasteiger partial charge in [-0.25, -0.2) is 0 Å². The average Bonchev–Trinajstić information content (AvgIpc) is 2.85. The van der Waals surface area contributed by atoms with Crippen molar-refractivity contribution in [2.45, 2.75) is 6.54 Å². The minimum absolute atomic E-state index is 0.155. The molecule has 5 nitrogen and oxygen atoms in total. The largest absolute Gasteiger partial charge is 0.335 e. The van der Waals surface area contributed by atoms with Crippen LogP contribution in [0.4, 0.5) is 0 Å². The van der Waals surface area contributed by atoms with Gasteiger partial charge >= 0.3 is 0 Å². The second-order valence-corrected chi connectivity index (χ2v) is 7.84. The Morgan fingerprint density at radius 2 is 1.31 bits per heavy atom. The van der Waals surface area contributed by atoms with Gasteiger partial charge in [-0.1, -0.05) is 78.9 Å². The van der Waals surface area contributed by atoms with E-state index in [9.17, 15) is 9.59 Å². The summed E-state index contributed by atoms with van der Waals surface area (Å²) in [5.74, 6) is -0.443. The average molecular weight is 426 g/mol. The summed E-state index contributed by atoms with van der Waals surface area (Å²) in [6.07, 6.45) is 1.75. The molecule has 1 aliphatic heterocycles. The molecule has 2 amide bonds. The van der Waals surface area contributed by atoms with E-state index in [4.69, 9.17) is 0 Å². The number of carbonyl (C=O) groups excluding carboxylic acids is 2. The highest BCUT2D eigenvalue weighted by Crippen LogP contribution is 2.13. The van der Waals surface area contributed by atoms with Crippen molar-refractivity contribution < 1.29 is 9.59 Å². The van der Waals surface area contributed by atoms with Crippen molar-refractivity contribution in [3.05, 3.63) is 113 Å². The maximum atomic E-state index is 13.4. The number of benzene rings is 3. The van der Waals surface area contributed by atoms with Crippen molar-refractivity contribution in [3.63, 3.8) is 0 Å². The quantitative estimate of drug-likeness (QED) is 0.611. The molecule has 0 unspecified atom stereocenters. The van der Waals surface area contributed by atoms with Gasteiger partial charge in [0.2, 0.25) is 0 Å². The first kappa shape index (κ1) is 21.5. The van der Waals surface area contributed by atoms with Gasteiger partial charge < -0.3 is 10.2 Å². The lowest BCUT2D eigenvalue weighted by molar-refractivity contribution is -0.129. The molecule has 162 valence electrons. The first-order valence-corrected chi connectivity index (χ1v) is 10.9. The molecule has 0 aromatic heterocycles. The number of hydrogen-bond acceptors (Lipinski definition) is 3. The predicted molar refractivity (Wildman–Crippen MR) is 127 cm³/mol. The summed E-state index contributed by atoms with van der Waals surface area (Å²) in [6.45, 7) is 3.72. The maximum absolute atomic E-state index is 13.4. The molecule has 0 radical (unpaired) electrons. The number of nitrogens with zero attached hydrogens (tertiary/aromatic N) is 2. The molecule has 0 aliphatic carbocycles. The smallest absolute Gasteiger partial charge is 0.270 e. The lowest BCUT2D eigenvalue weighted by atomic mass is 10.1. The van der Waals surface area contributed by atoms with Gasteiger partial charge in [-0.2, -0.15) is 0 Å². The molecule has 0 atom stereocenters. The lowest BCUT2D eigenvalue weighted by Gasteiger charge is -2.35. The van der Waals surface area contributed by atoms with Crippen molar-refractivity contribution in [1.29, 1.82) is 0 Å². The summed E-state index contributed by atoms with van der Waals surface area (Å²) in [4.78, 5) is 30.3. The standard InChI is InChI=1S/C27H27N3O2/c31-26(24-14-8-3-9-15-24)28-25(20-22-10-4-1-5-11-22)27(32)30-18-16-29(17-19-30)21-23-12-6-2-7-13-23/h1-15,20H,16-19,21H2,(H,28,31). The summed E-state index contributed by atoms with van der Waals surface area (Å²) in [5.41, 5.74) is 2.95. The number of nitrogens with one attached hydrogen (secondary N) is 1. The second kappa shape index (κ2) is 10.6. The third-order valence-electron chi connectivity index (χ3n) is 5.53. The molecule has 1 aliphatic rings. The normalized spacial score (nSPS) is 14.8. The van der Waals surface area contributed by atoms with Crippen LogP contribution in [-0.2, 0) is 11.3 Å².